The lowest BCUT2D eigenvalue weighted by Gasteiger charge is -2.20. The van der Waals surface area contributed by atoms with Crippen molar-refractivity contribution in [3.63, 3.8) is 0 Å². The maximum atomic E-state index is 13.2. The normalized spacial score (nSPS) is 12.2. The maximum Gasteiger partial charge on any atom is 0.125 e. The molecule has 4 heteroatoms. The first-order chi connectivity index (χ1) is 9.10. The highest BCUT2D eigenvalue weighted by atomic mass is 35.5. The van der Waals surface area contributed by atoms with Crippen molar-refractivity contribution in [2.24, 2.45) is 0 Å². The summed E-state index contributed by atoms with van der Waals surface area (Å²) >= 11 is 12.1. The second-order valence-corrected chi connectivity index (χ2v) is 5.12. The number of halogens is 3. The number of nitrogens with one attached hydrogen (secondary N) is 1. The van der Waals surface area contributed by atoms with Crippen LogP contribution in [-0.2, 0) is 0 Å². The monoisotopic (exact) mass is 297 g/mol. The molecular formula is C15H14Cl2FN. The van der Waals surface area contributed by atoms with Gasteiger partial charge in [-0.15, -0.1) is 0 Å². The quantitative estimate of drug-likeness (QED) is 0.764. The molecule has 2 rings (SSSR count). The van der Waals surface area contributed by atoms with E-state index in [9.17, 15) is 4.39 Å². The van der Waals surface area contributed by atoms with E-state index in [4.69, 9.17) is 23.2 Å². The van der Waals surface area contributed by atoms with Crippen LogP contribution in [0.1, 0.15) is 24.9 Å². The molecule has 1 N–H and O–H groups in total. The fourth-order valence-corrected chi connectivity index (χ4v) is 2.50. The van der Waals surface area contributed by atoms with E-state index in [0.29, 0.717) is 10.0 Å². The van der Waals surface area contributed by atoms with Crippen molar-refractivity contribution in [1.82, 2.24) is 0 Å². The molecule has 0 aliphatic heterocycles. The van der Waals surface area contributed by atoms with Crippen LogP contribution < -0.4 is 5.32 Å². The molecule has 0 amide bonds. The van der Waals surface area contributed by atoms with Gasteiger partial charge >= 0.3 is 0 Å². The van der Waals surface area contributed by atoms with Crippen LogP contribution in [0.25, 0.3) is 0 Å². The SMILES string of the molecule is CCC(Nc1cccc(F)c1)c1ccc(Cl)cc1Cl. The molecule has 1 unspecified atom stereocenters. The summed E-state index contributed by atoms with van der Waals surface area (Å²) in [5.41, 5.74) is 1.69. The van der Waals surface area contributed by atoms with Crippen molar-refractivity contribution < 1.29 is 4.39 Å². The first-order valence-electron chi connectivity index (χ1n) is 6.07. The van der Waals surface area contributed by atoms with Gasteiger partial charge in [-0.05, 0) is 42.3 Å². The summed E-state index contributed by atoms with van der Waals surface area (Å²) in [4.78, 5) is 0. The zero-order valence-corrected chi connectivity index (χ0v) is 12.0. The average molecular weight is 298 g/mol. The van der Waals surface area contributed by atoms with Gasteiger partial charge in [-0.25, -0.2) is 4.39 Å². The van der Waals surface area contributed by atoms with Crippen LogP contribution in [0, 0.1) is 5.82 Å². The minimum Gasteiger partial charge on any atom is -0.378 e. The van der Waals surface area contributed by atoms with Gasteiger partial charge in [0.15, 0.2) is 0 Å². The minimum absolute atomic E-state index is 0.0200. The van der Waals surface area contributed by atoms with Gasteiger partial charge in [-0.1, -0.05) is 42.3 Å². The Kier molecular flexibility index (Phi) is 4.67. The highest BCUT2D eigenvalue weighted by Gasteiger charge is 2.13. The van der Waals surface area contributed by atoms with Gasteiger partial charge < -0.3 is 5.32 Å². The molecule has 0 aliphatic carbocycles. The third-order valence-electron chi connectivity index (χ3n) is 2.91. The Morgan fingerprint density at radius 1 is 1.16 bits per heavy atom. The number of benzene rings is 2. The molecular weight excluding hydrogens is 284 g/mol. The Hall–Kier alpha value is -1.25. The summed E-state index contributed by atoms with van der Waals surface area (Å²) in [5.74, 6) is -0.262. The third-order valence-corrected chi connectivity index (χ3v) is 3.47. The molecule has 1 nitrogen and oxygen atoms in total. The van der Waals surface area contributed by atoms with E-state index in [-0.39, 0.29) is 11.9 Å². The van der Waals surface area contributed by atoms with E-state index in [1.807, 2.05) is 19.1 Å². The maximum absolute atomic E-state index is 13.2. The van der Waals surface area contributed by atoms with Crippen molar-refractivity contribution in [2.45, 2.75) is 19.4 Å². The van der Waals surface area contributed by atoms with Gasteiger partial charge in [0.25, 0.3) is 0 Å². The van der Waals surface area contributed by atoms with Crippen molar-refractivity contribution >= 4 is 28.9 Å². The second-order valence-electron chi connectivity index (χ2n) is 4.28. The molecule has 0 aliphatic rings. The van der Waals surface area contributed by atoms with Crippen molar-refractivity contribution in [3.05, 3.63) is 63.9 Å². The Bertz CT molecular complexity index is 572. The lowest BCUT2D eigenvalue weighted by Crippen LogP contribution is -2.10. The molecule has 0 saturated heterocycles. The van der Waals surface area contributed by atoms with Crippen LogP contribution in [-0.4, -0.2) is 0 Å². The molecule has 100 valence electrons. The summed E-state index contributed by atoms with van der Waals surface area (Å²) in [6.45, 7) is 2.04. The van der Waals surface area contributed by atoms with Gasteiger partial charge in [0.2, 0.25) is 0 Å². The summed E-state index contributed by atoms with van der Waals surface area (Å²) in [6.07, 6.45) is 0.831. The van der Waals surface area contributed by atoms with Crippen LogP contribution in [0.4, 0.5) is 10.1 Å². The molecule has 19 heavy (non-hydrogen) atoms. The summed E-state index contributed by atoms with van der Waals surface area (Å²) < 4.78 is 13.2. The molecule has 1 atom stereocenters. The van der Waals surface area contributed by atoms with Crippen LogP contribution in [0.3, 0.4) is 0 Å². The standard InChI is InChI=1S/C15H14Cl2FN/c1-2-15(13-7-6-10(16)8-14(13)17)19-12-5-3-4-11(18)9-12/h3-9,15,19H,2H2,1H3. The predicted octanol–water partition coefficient (Wildman–Crippen LogP) is 5.70. The predicted molar refractivity (Wildman–Crippen MR) is 79.5 cm³/mol. The van der Waals surface area contributed by atoms with E-state index in [0.717, 1.165) is 17.7 Å². The fourth-order valence-electron chi connectivity index (χ4n) is 1.96. The molecule has 0 saturated carbocycles. The van der Waals surface area contributed by atoms with Crippen molar-refractivity contribution in [3.8, 4) is 0 Å². The highest BCUT2D eigenvalue weighted by Crippen LogP contribution is 2.30. The Labute approximate surface area is 122 Å². The Balaban J connectivity index is 2.25. The second kappa shape index (κ2) is 6.27. The van der Waals surface area contributed by atoms with E-state index < -0.39 is 0 Å². The van der Waals surface area contributed by atoms with E-state index in [2.05, 4.69) is 5.32 Å². The van der Waals surface area contributed by atoms with Gasteiger partial charge in [0.1, 0.15) is 5.82 Å². The lowest BCUT2D eigenvalue weighted by molar-refractivity contribution is 0.627. The molecule has 0 aromatic heterocycles. The van der Waals surface area contributed by atoms with E-state index in [1.54, 1.807) is 18.2 Å². The third kappa shape index (κ3) is 3.62. The summed E-state index contributed by atoms with van der Waals surface area (Å²) in [6, 6.07) is 11.8. The van der Waals surface area contributed by atoms with Crippen LogP contribution in [0.15, 0.2) is 42.5 Å². The van der Waals surface area contributed by atoms with Crippen molar-refractivity contribution in [1.29, 1.82) is 0 Å². The number of hydrogen-bond donors (Lipinski definition) is 1. The van der Waals surface area contributed by atoms with Gasteiger partial charge in [-0.2, -0.15) is 0 Å². The van der Waals surface area contributed by atoms with E-state index in [1.165, 1.54) is 12.1 Å². The van der Waals surface area contributed by atoms with Gasteiger partial charge in [-0.3, -0.25) is 0 Å². The zero-order valence-electron chi connectivity index (χ0n) is 10.5. The lowest BCUT2D eigenvalue weighted by atomic mass is 10.0. The largest absolute Gasteiger partial charge is 0.378 e. The molecule has 0 radical (unpaired) electrons. The molecule has 2 aromatic rings. The molecule has 0 fully saturated rings. The number of rotatable bonds is 4. The van der Waals surface area contributed by atoms with Crippen molar-refractivity contribution in [2.75, 3.05) is 5.32 Å². The smallest absolute Gasteiger partial charge is 0.125 e. The zero-order chi connectivity index (χ0) is 13.8. The summed E-state index contributed by atoms with van der Waals surface area (Å²) in [7, 11) is 0. The topological polar surface area (TPSA) is 12.0 Å². The molecule has 0 heterocycles. The van der Waals surface area contributed by atoms with Crippen LogP contribution in [0.5, 0.6) is 0 Å². The van der Waals surface area contributed by atoms with Crippen LogP contribution in [0.2, 0.25) is 10.0 Å². The Morgan fingerprint density at radius 2 is 1.95 bits per heavy atom. The van der Waals surface area contributed by atoms with Gasteiger partial charge in [0, 0.05) is 15.7 Å². The molecule has 0 bridgehead atoms. The van der Waals surface area contributed by atoms with Crippen LogP contribution >= 0.6 is 23.2 Å². The van der Waals surface area contributed by atoms with E-state index >= 15 is 0 Å². The summed E-state index contributed by atoms with van der Waals surface area (Å²) in [5, 5.41) is 4.50. The molecule has 2 aromatic carbocycles. The highest BCUT2D eigenvalue weighted by molar-refractivity contribution is 6.35. The fraction of sp³-hybridized carbons (Fsp3) is 0.200. The minimum atomic E-state index is -0.262. The average Bonchev–Trinajstić information content (AvgIpc) is 2.37. The Morgan fingerprint density at radius 3 is 2.58 bits per heavy atom. The first-order valence-corrected chi connectivity index (χ1v) is 6.82. The number of anilines is 1. The first kappa shape index (κ1) is 14.2. The molecule has 0 spiro atoms. The number of hydrogen-bond acceptors (Lipinski definition) is 1. The van der Waals surface area contributed by atoms with Gasteiger partial charge in [0.05, 0.1) is 6.04 Å².